The number of amides is 1. The Balaban J connectivity index is 1.35. The van der Waals surface area contributed by atoms with Crippen LogP contribution in [0.15, 0.2) is 54.6 Å². The molecule has 0 saturated carbocycles. The number of rotatable bonds is 4. The van der Waals surface area contributed by atoms with E-state index in [2.05, 4.69) is 20.4 Å². The van der Waals surface area contributed by atoms with E-state index in [0.29, 0.717) is 5.02 Å². The van der Waals surface area contributed by atoms with Gasteiger partial charge in [0.25, 0.3) is 5.91 Å². The van der Waals surface area contributed by atoms with Crippen molar-refractivity contribution in [2.24, 2.45) is 0 Å². The Morgan fingerprint density at radius 3 is 2.57 bits per heavy atom. The molecule has 0 unspecified atom stereocenters. The number of hydrogen-bond donors (Lipinski definition) is 2. The van der Waals surface area contributed by atoms with Crippen LogP contribution in [-0.2, 0) is 0 Å². The summed E-state index contributed by atoms with van der Waals surface area (Å²) >= 11 is 5.94. The molecular weight excluding hydrogens is 379 g/mol. The molecule has 1 aliphatic heterocycles. The van der Waals surface area contributed by atoms with Gasteiger partial charge in [-0.15, -0.1) is 0 Å². The number of nitrogens with one attached hydrogen (secondary N) is 2. The minimum atomic E-state index is -0.497. The Morgan fingerprint density at radius 1 is 1.14 bits per heavy atom. The summed E-state index contributed by atoms with van der Waals surface area (Å²) in [5.41, 5.74) is 2.04. The van der Waals surface area contributed by atoms with Gasteiger partial charge in [-0.25, -0.2) is 4.39 Å². The maximum atomic E-state index is 13.8. The summed E-state index contributed by atoms with van der Waals surface area (Å²) in [6.07, 6.45) is 1.56. The van der Waals surface area contributed by atoms with E-state index in [0.717, 1.165) is 43.0 Å². The van der Waals surface area contributed by atoms with Gasteiger partial charge in [0.1, 0.15) is 5.82 Å². The van der Waals surface area contributed by atoms with Gasteiger partial charge in [0.2, 0.25) is 0 Å². The summed E-state index contributed by atoms with van der Waals surface area (Å²) in [5, 5.41) is 11.1. The molecule has 3 aromatic rings. The van der Waals surface area contributed by atoms with Crippen LogP contribution in [-0.4, -0.2) is 35.2 Å². The molecule has 0 bridgehead atoms. The first-order valence-electron chi connectivity index (χ1n) is 9.22. The van der Waals surface area contributed by atoms with Crippen LogP contribution in [0.2, 0.25) is 5.02 Å². The molecule has 1 fully saturated rings. The molecule has 0 aliphatic carbocycles. The summed E-state index contributed by atoms with van der Waals surface area (Å²) < 4.78 is 13.8. The predicted octanol–water partition coefficient (Wildman–Crippen LogP) is 4.27. The standard InChI is InChI=1S/C21H20ClFN4O/c22-15-7-5-14(6-8-15)19-13-20(26-25-19)27-11-9-16(10-12-27)24-21(28)17-3-1-2-4-18(17)23/h1-8,13,16H,9-12H2,(H,24,28)(H,25,26). The van der Waals surface area contributed by atoms with Gasteiger partial charge in [-0.1, -0.05) is 35.9 Å². The van der Waals surface area contributed by atoms with Gasteiger partial charge in [-0.2, -0.15) is 5.10 Å². The lowest BCUT2D eigenvalue weighted by Crippen LogP contribution is -2.45. The summed E-state index contributed by atoms with van der Waals surface area (Å²) in [6.45, 7) is 1.54. The SMILES string of the molecule is O=C(NC1CCN(c2cc(-c3ccc(Cl)cc3)[nH]n2)CC1)c1ccccc1F. The van der Waals surface area contributed by atoms with Gasteiger partial charge in [-0.05, 0) is 42.7 Å². The van der Waals surface area contributed by atoms with Gasteiger partial charge >= 0.3 is 0 Å². The summed E-state index contributed by atoms with van der Waals surface area (Å²) in [7, 11) is 0. The molecular formula is C21H20ClFN4O. The fourth-order valence-corrected chi connectivity index (χ4v) is 3.54. The second-order valence-electron chi connectivity index (χ2n) is 6.86. The van der Waals surface area contributed by atoms with Crippen LogP contribution < -0.4 is 10.2 Å². The predicted molar refractivity (Wildman–Crippen MR) is 108 cm³/mol. The van der Waals surface area contributed by atoms with Crippen LogP contribution in [0.1, 0.15) is 23.2 Å². The molecule has 28 heavy (non-hydrogen) atoms. The highest BCUT2D eigenvalue weighted by atomic mass is 35.5. The first-order chi connectivity index (χ1) is 13.6. The fourth-order valence-electron chi connectivity index (χ4n) is 3.41. The van der Waals surface area contributed by atoms with E-state index in [-0.39, 0.29) is 17.5 Å². The maximum Gasteiger partial charge on any atom is 0.254 e. The Kier molecular flexibility index (Phi) is 5.30. The van der Waals surface area contributed by atoms with E-state index in [1.54, 1.807) is 12.1 Å². The molecule has 4 rings (SSSR count). The van der Waals surface area contributed by atoms with E-state index in [1.165, 1.54) is 12.1 Å². The Labute approximate surface area is 167 Å². The molecule has 2 heterocycles. The van der Waals surface area contributed by atoms with E-state index in [1.807, 2.05) is 30.3 Å². The van der Waals surface area contributed by atoms with Gasteiger partial charge in [0.15, 0.2) is 5.82 Å². The molecule has 7 heteroatoms. The Bertz CT molecular complexity index is 965. The van der Waals surface area contributed by atoms with E-state index < -0.39 is 5.82 Å². The van der Waals surface area contributed by atoms with Crippen molar-refractivity contribution in [3.05, 3.63) is 71.0 Å². The first kappa shape index (κ1) is 18.5. The minimum absolute atomic E-state index is 0.0260. The van der Waals surface area contributed by atoms with Crippen molar-refractivity contribution in [2.75, 3.05) is 18.0 Å². The quantitative estimate of drug-likeness (QED) is 0.690. The van der Waals surface area contributed by atoms with E-state index in [9.17, 15) is 9.18 Å². The smallest absolute Gasteiger partial charge is 0.254 e. The van der Waals surface area contributed by atoms with Crippen molar-refractivity contribution >= 4 is 23.3 Å². The lowest BCUT2D eigenvalue weighted by atomic mass is 10.0. The second kappa shape index (κ2) is 8.02. The van der Waals surface area contributed by atoms with Gasteiger partial charge < -0.3 is 10.2 Å². The van der Waals surface area contributed by atoms with Crippen LogP contribution in [0.25, 0.3) is 11.3 Å². The number of anilines is 1. The number of hydrogen-bond acceptors (Lipinski definition) is 3. The second-order valence-corrected chi connectivity index (χ2v) is 7.30. The number of piperidine rings is 1. The zero-order valence-electron chi connectivity index (χ0n) is 15.2. The van der Waals surface area contributed by atoms with Crippen LogP contribution in [0, 0.1) is 5.82 Å². The van der Waals surface area contributed by atoms with E-state index in [4.69, 9.17) is 11.6 Å². The molecule has 0 radical (unpaired) electrons. The van der Waals surface area contributed by atoms with Gasteiger partial charge in [0.05, 0.1) is 11.3 Å². The lowest BCUT2D eigenvalue weighted by Gasteiger charge is -2.32. The van der Waals surface area contributed by atoms with Crippen LogP contribution >= 0.6 is 11.6 Å². The fraction of sp³-hybridized carbons (Fsp3) is 0.238. The van der Waals surface area contributed by atoms with Crippen molar-refractivity contribution in [3.63, 3.8) is 0 Å². The van der Waals surface area contributed by atoms with Crippen LogP contribution in [0.4, 0.5) is 10.2 Å². The van der Waals surface area contributed by atoms with Crippen molar-refractivity contribution in [1.82, 2.24) is 15.5 Å². The summed E-state index contributed by atoms with van der Waals surface area (Å²) in [5.74, 6) is 0.0221. The molecule has 1 amide bonds. The molecule has 1 aliphatic rings. The normalized spacial score (nSPS) is 14.9. The number of carbonyl (C=O) groups excluding carboxylic acids is 1. The highest BCUT2D eigenvalue weighted by Crippen LogP contribution is 2.25. The molecule has 144 valence electrons. The van der Waals surface area contributed by atoms with Crippen molar-refractivity contribution in [3.8, 4) is 11.3 Å². The number of carbonyl (C=O) groups is 1. The monoisotopic (exact) mass is 398 g/mol. The molecule has 5 nitrogen and oxygen atoms in total. The number of aromatic nitrogens is 2. The number of nitrogens with zero attached hydrogens (tertiary/aromatic N) is 2. The Morgan fingerprint density at radius 2 is 1.86 bits per heavy atom. The summed E-state index contributed by atoms with van der Waals surface area (Å²) in [6, 6.07) is 15.7. The van der Waals surface area contributed by atoms with Crippen molar-refractivity contribution in [2.45, 2.75) is 18.9 Å². The Hall–Kier alpha value is -2.86. The average molecular weight is 399 g/mol. The number of aromatic amines is 1. The highest BCUT2D eigenvalue weighted by molar-refractivity contribution is 6.30. The minimum Gasteiger partial charge on any atom is -0.355 e. The van der Waals surface area contributed by atoms with Crippen LogP contribution in [0.3, 0.4) is 0 Å². The topological polar surface area (TPSA) is 61.0 Å². The molecule has 2 N–H and O–H groups in total. The number of halogens is 2. The van der Waals surface area contributed by atoms with E-state index >= 15 is 0 Å². The number of H-pyrrole nitrogens is 1. The molecule has 0 spiro atoms. The van der Waals surface area contributed by atoms with Crippen molar-refractivity contribution in [1.29, 1.82) is 0 Å². The third kappa shape index (κ3) is 4.02. The number of benzene rings is 2. The van der Waals surface area contributed by atoms with Crippen molar-refractivity contribution < 1.29 is 9.18 Å². The zero-order valence-corrected chi connectivity index (χ0v) is 15.9. The average Bonchev–Trinajstić information content (AvgIpc) is 3.19. The zero-order chi connectivity index (χ0) is 19.5. The third-order valence-corrected chi connectivity index (χ3v) is 5.24. The summed E-state index contributed by atoms with van der Waals surface area (Å²) in [4.78, 5) is 14.5. The highest BCUT2D eigenvalue weighted by Gasteiger charge is 2.23. The first-order valence-corrected chi connectivity index (χ1v) is 9.59. The third-order valence-electron chi connectivity index (χ3n) is 4.99. The van der Waals surface area contributed by atoms with Crippen LogP contribution in [0.5, 0.6) is 0 Å². The largest absolute Gasteiger partial charge is 0.355 e. The van der Waals surface area contributed by atoms with Gasteiger partial charge in [-0.3, -0.25) is 9.89 Å². The maximum absolute atomic E-state index is 13.8. The molecule has 0 atom stereocenters. The molecule has 1 aromatic heterocycles. The molecule has 2 aromatic carbocycles. The lowest BCUT2D eigenvalue weighted by molar-refractivity contribution is 0.0927. The van der Waals surface area contributed by atoms with Gasteiger partial charge in [0, 0.05) is 30.2 Å². The molecule has 1 saturated heterocycles.